The Hall–Kier alpha value is -3.72. The van der Waals surface area contributed by atoms with Gasteiger partial charge in [0.15, 0.2) is 0 Å². The number of rotatable bonds is 6. The van der Waals surface area contributed by atoms with E-state index in [9.17, 15) is 10.1 Å². The number of carbonyl (C=O) groups is 1. The minimum absolute atomic E-state index is 0.00291. The molecule has 2 aromatic carbocycles. The van der Waals surface area contributed by atoms with Gasteiger partial charge in [0, 0.05) is 0 Å². The maximum atomic E-state index is 12.6. The second kappa shape index (κ2) is 9.19. The summed E-state index contributed by atoms with van der Waals surface area (Å²) < 4.78 is 16.6. The lowest BCUT2D eigenvalue weighted by atomic mass is 9.81. The van der Waals surface area contributed by atoms with E-state index in [4.69, 9.17) is 19.9 Å². The maximum Gasteiger partial charge on any atom is 0.338 e. The summed E-state index contributed by atoms with van der Waals surface area (Å²) in [7, 11) is 0. The van der Waals surface area contributed by atoms with Gasteiger partial charge in [0.05, 0.1) is 18.1 Å². The summed E-state index contributed by atoms with van der Waals surface area (Å²) in [5.74, 6) is -0.161. The summed E-state index contributed by atoms with van der Waals surface area (Å²) in [6, 6.07) is 17.5. The second-order valence-electron chi connectivity index (χ2n) is 6.91. The number of esters is 1. The zero-order valence-corrected chi connectivity index (χ0v) is 17.3. The number of hydrogen-bond acceptors (Lipinski definition) is 6. The molecular formula is C24H24N2O4. The Balaban J connectivity index is 1.95. The third kappa shape index (κ3) is 4.31. The Morgan fingerprint density at radius 3 is 2.57 bits per heavy atom. The van der Waals surface area contributed by atoms with Crippen molar-refractivity contribution in [2.24, 2.45) is 5.73 Å². The highest BCUT2D eigenvalue weighted by atomic mass is 16.5. The number of nitriles is 1. The van der Waals surface area contributed by atoms with E-state index in [0.717, 1.165) is 16.7 Å². The van der Waals surface area contributed by atoms with Crippen molar-refractivity contribution >= 4 is 5.97 Å². The van der Waals surface area contributed by atoms with Gasteiger partial charge in [-0.25, -0.2) is 4.79 Å². The van der Waals surface area contributed by atoms with Crippen LogP contribution in [-0.2, 0) is 20.9 Å². The molecule has 1 unspecified atom stereocenters. The molecule has 0 spiro atoms. The summed E-state index contributed by atoms with van der Waals surface area (Å²) in [5, 5.41) is 9.70. The average molecular weight is 404 g/mol. The molecule has 1 aliphatic rings. The lowest BCUT2D eigenvalue weighted by molar-refractivity contribution is -0.139. The zero-order valence-electron chi connectivity index (χ0n) is 17.3. The summed E-state index contributed by atoms with van der Waals surface area (Å²) in [5.41, 5.74) is 9.12. The summed E-state index contributed by atoms with van der Waals surface area (Å²) >= 11 is 0. The SMILES string of the molecule is CCOC(=O)C1=C(C)OC(N)=C(C#N)C1c1ccc(OCc2ccccc2)cc1C. The largest absolute Gasteiger partial charge is 0.489 e. The Labute approximate surface area is 176 Å². The van der Waals surface area contributed by atoms with Crippen molar-refractivity contribution in [2.45, 2.75) is 33.3 Å². The van der Waals surface area contributed by atoms with Gasteiger partial charge in [0.2, 0.25) is 5.88 Å². The first-order valence-electron chi connectivity index (χ1n) is 9.69. The first-order chi connectivity index (χ1) is 14.5. The van der Waals surface area contributed by atoms with Crippen molar-refractivity contribution in [3.63, 3.8) is 0 Å². The topological polar surface area (TPSA) is 94.6 Å². The number of hydrogen-bond donors (Lipinski definition) is 1. The van der Waals surface area contributed by atoms with Crippen LogP contribution in [0.1, 0.15) is 36.5 Å². The van der Waals surface area contributed by atoms with E-state index in [1.165, 1.54) is 0 Å². The number of allylic oxidation sites excluding steroid dienone is 2. The molecular weight excluding hydrogens is 380 g/mol. The van der Waals surface area contributed by atoms with Gasteiger partial charge < -0.3 is 19.9 Å². The van der Waals surface area contributed by atoms with Crippen LogP contribution in [0.2, 0.25) is 0 Å². The van der Waals surface area contributed by atoms with Gasteiger partial charge in [0.1, 0.15) is 29.8 Å². The number of benzene rings is 2. The van der Waals surface area contributed by atoms with E-state index in [0.29, 0.717) is 18.1 Å². The van der Waals surface area contributed by atoms with Gasteiger partial charge in [-0.2, -0.15) is 5.26 Å². The van der Waals surface area contributed by atoms with Crippen LogP contribution in [0.15, 0.2) is 71.3 Å². The number of ether oxygens (including phenoxy) is 3. The van der Waals surface area contributed by atoms with Crippen LogP contribution in [0.5, 0.6) is 5.75 Å². The first kappa shape index (κ1) is 21.0. The molecule has 1 heterocycles. The first-order valence-corrected chi connectivity index (χ1v) is 9.69. The molecule has 154 valence electrons. The summed E-state index contributed by atoms with van der Waals surface area (Å²) in [4.78, 5) is 12.6. The van der Waals surface area contributed by atoms with Crippen LogP contribution in [0.25, 0.3) is 0 Å². The molecule has 0 fully saturated rings. The van der Waals surface area contributed by atoms with E-state index in [-0.39, 0.29) is 23.6 Å². The third-order valence-corrected chi connectivity index (χ3v) is 4.90. The zero-order chi connectivity index (χ0) is 21.7. The number of nitrogens with zero attached hydrogens (tertiary/aromatic N) is 1. The fourth-order valence-electron chi connectivity index (χ4n) is 3.47. The predicted molar refractivity (Wildman–Crippen MR) is 112 cm³/mol. The minimum Gasteiger partial charge on any atom is -0.489 e. The molecule has 0 aromatic heterocycles. The van der Waals surface area contributed by atoms with Crippen molar-refractivity contribution in [1.29, 1.82) is 5.26 Å². The molecule has 0 saturated heterocycles. The van der Waals surface area contributed by atoms with Gasteiger partial charge in [-0.15, -0.1) is 0 Å². The molecule has 1 atom stereocenters. The van der Waals surface area contributed by atoms with Gasteiger partial charge in [-0.05, 0) is 49.6 Å². The Morgan fingerprint density at radius 1 is 1.20 bits per heavy atom. The highest BCUT2D eigenvalue weighted by Crippen LogP contribution is 2.41. The Bertz CT molecular complexity index is 1050. The van der Waals surface area contributed by atoms with E-state index in [1.54, 1.807) is 13.8 Å². The Morgan fingerprint density at radius 2 is 1.93 bits per heavy atom. The smallest absolute Gasteiger partial charge is 0.338 e. The molecule has 6 nitrogen and oxygen atoms in total. The van der Waals surface area contributed by atoms with E-state index in [2.05, 4.69) is 6.07 Å². The third-order valence-electron chi connectivity index (χ3n) is 4.90. The van der Waals surface area contributed by atoms with Gasteiger partial charge >= 0.3 is 5.97 Å². The van der Waals surface area contributed by atoms with Crippen molar-refractivity contribution in [3.05, 3.63) is 88.0 Å². The molecule has 3 rings (SSSR count). The van der Waals surface area contributed by atoms with E-state index >= 15 is 0 Å². The lowest BCUT2D eigenvalue weighted by Crippen LogP contribution is -2.26. The van der Waals surface area contributed by atoms with E-state index in [1.807, 2.05) is 55.5 Å². The molecule has 0 aliphatic carbocycles. The molecule has 0 saturated carbocycles. The highest BCUT2D eigenvalue weighted by molar-refractivity contribution is 5.92. The van der Waals surface area contributed by atoms with Crippen molar-refractivity contribution < 1.29 is 19.0 Å². The molecule has 0 radical (unpaired) electrons. The van der Waals surface area contributed by atoms with Crippen LogP contribution >= 0.6 is 0 Å². The van der Waals surface area contributed by atoms with Crippen LogP contribution in [0.4, 0.5) is 0 Å². The maximum absolute atomic E-state index is 12.6. The molecule has 30 heavy (non-hydrogen) atoms. The predicted octanol–water partition coefficient (Wildman–Crippen LogP) is 4.22. The second-order valence-corrected chi connectivity index (χ2v) is 6.91. The molecule has 1 aliphatic heterocycles. The fourth-order valence-corrected chi connectivity index (χ4v) is 3.47. The molecule has 0 amide bonds. The summed E-state index contributed by atoms with van der Waals surface area (Å²) in [6.45, 7) is 5.94. The van der Waals surface area contributed by atoms with Crippen molar-refractivity contribution in [3.8, 4) is 11.8 Å². The normalized spacial score (nSPS) is 16.0. The quantitative estimate of drug-likeness (QED) is 0.725. The average Bonchev–Trinajstić information content (AvgIpc) is 2.73. The lowest BCUT2D eigenvalue weighted by Gasteiger charge is -2.28. The molecule has 0 bridgehead atoms. The van der Waals surface area contributed by atoms with Gasteiger partial charge in [-0.1, -0.05) is 36.4 Å². The van der Waals surface area contributed by atoms with Crippen molar-refractivity contribution in [2.75, 3.05) is 6.61 Å². The molecule has 2 aromatic rings. The van der Waals surface area contributed by atoms with Crippen molar-refractivity contribution in [1.82, 2.24) is 0 Å². The molecule has 2 N–H and O–H groups in total. The van der Waals surface area contributed by atoms with E-state index < -0.39 is 11.9 Å². The van der Waals surface area contributed by atoms with Gasteiger partial charge in [0.25, 0.3) is 0 Å². The number of nitrogens with two attached hydrogens (primary N) is 1. The number of aryl methyl sites for hydroxylation is 1. The minimum atomic E-state index is -0.661. The molecule has 6 heteroatoms. The fraction of sp³-hybridized carbons (Fsp3) is 0.250. The van der Waals surface area contributed by atoms with Gasteiger partial charge in [-0.3, -0.25) is 0 Å². The monoisotopic (exact) mass is 404 g/mol. The summed E-state index contributed by atoms with van der Waals surface area (Å²) in [6.07, 6.45) is 0. The standard InChI is InChI=1S/C24H24N2O4/c1-4-28-24(27)21-16(3)30-23(26)20(13-25)22(21)19-11-10-18(12-15(19)2)29-14-17-8-6-5-7-9-17/h5-12,22H,4,14,26H2,1-3H3. The number of carbonyl (C=O) groups excluding carboxylic acids is 1. The van der Waals surface area contributed by atoms with Crippen LogP contribution in [0.3, 0.4) is 0 Å². The van der Waals surface area contributed by atoms with Crippen LogP contribution < -0.4 is 10.5 Å². The van der Waals surface area contributed by atoms with Crippen LogP contribution in [0, 0.1) is 18.3 Å². The Kier molecular flexibility index (Phi) is 6.43. The highest BCUT2D eigenvalue weighted by Gasteiger charge is 2.37. The van der Waals surface area contributed by atoms with Crippen LogP contribution in [-0.4, -0.2) is 12.6 Å².